The molecule has 0 bridgehead atoms. The van der Waals surface area contributed by atoms with Gasteiger partial charge in [-0.15, -0.1) is 29.9 Å². The second kappa shape index (κ2) is 21.0. The van der Waals surface area contributed by atoms with Gasteiger partial charge in [0.05, 0.1) is 0 Å². The molecule has 0 aliphatic rings. The summed E-state index contributed by atoms with van der Waals surface area (Å²) in [5.74, 6) is 3.07. The summed E-state index contributed by atoms with van der Waals surface area (Å²) in [7, 11) is 0. The summed E-state index contributed by atoms with van der Waals surface area (Å²) in [5, 5.41) is 0. The molecule has 64 heavy (non-hydrogen) atoms. The van der Waals surface area contributed by atoms with E-state index in [1.54, 1.807) is 72.8 Å². The number of aromatic nitrogens is 6. The summed E-state index contributed by atoms with van der Waals surface area (Å²) in [4.78, 5) is 47.5. The SMILES string of the molecule is CC(=O)Oc1ccc(Oc2nc(Oc3ccc(C)cc3)nc(Oc3ccc(C)cc3)n2)cc1.CC(=O)Oc1ccc(Oc2nc(Oc3ccccc3)nc(Oc3ccccc3)n2)cc1. The molecule has 16 nitrogen and oxygen atoms in total. The zero-order valence-corrected chi connectivity index (χ0v) is 34.8. The number of esters is 2. The van der Waals surface area contributed by atoms with Crippen LogP contribution in [-0.4, -0.2) is 41.8 Å². The maximum atomic E-state index is 11.1. The molecule has 0 N–H and O–H groups in total. The highest BCUT2D eigenvalue weighted by atomic mass is 16.6. The third-order valence-electron chi connectivity index (χ3n) is 8.10. The number of ether oxygens (including phenoxy) is 8. The summed E-state index contributed by atoms with van der Waals surface area (Å²) in [6.07, 6.45) is 0. The Morgan fingerprint density at radius 1 is 0.297 bits per heavy atom. The third kappa shape index (κ3) is 13.5. The fourth-order valence-electron chi connectivity index (χ4n) is 5.22. The van der Waals surface area contributed by atoms with Crippen molar-refractivity contribution in [3.05, 3.63) is 169 Å². The number of carbonyl (C=O) groups is 2. The number of rotatable bonds is 14. The molecule has 0 spiro atoms. The van der Waals surface area contributed by atoms with Crippen LogP contribution in [0.25, 0.3) is 0 Å². The van der Waals surface area contributed by atoms with Crippen LogP contribution < -0.4 is 37.9 Å². The van der Waals surface area contributed by atoms with Gasteiger partial charge in [-0.3, -0.25) is 9.59 Å². The molecule has 0 fully saturated rings. The van der Waals surface area contributed by atoms with E-state index < -0.39 is 11.9 Å². The molecule has 0 saturated carbocycles. The first-order valence-electron chi connectivity index (χ1n) is 19.5. The molecular weight excluding hydrogens is 821 g/mol. The zero-order chi connectivity index (χ0) is 44.7. The van der Waals surface area contributed by atoms with Crippen molar-refractivity contribution in [2.45, 2.75) is 27.7 Å². The number of nitrogens with zero attached hydrogens (tertiary/aromatic N) is 6. The van der Waals surface area contributed by atoms with Crippen LogP contribution >= 0.6 is 0 Å². The predicted octanol–water partition coefficient (Wildman–Crippen LogP) is 11.0. The molecule has 0 aliphatic carbocycles. The highest BCUT2D eigenvalue weighted by Gasteiger charge is 2.15. The van der Waals surface area contributed by atoms with Crippen molar-refractivity contribution in [2.24, 2.45) is 0 Å². The van der Waals surface area contributed by atoms with Gasteiger partial charge in [0, 0.05) is 13.8 Å². The second-order valence-electron chi connectivity index (χ2n) is 13.4. The average Bonchev–Trinajstić information content (AvgIpc) is 3.27. The molecule has 0 saturated heterocycles. The van der Waals surface area contributed by atoms with Crippen molar-refractivity contribution >= 4 is 11.9 Å². The summed E-state index contributed by atoms with van der Waals surface area (Å²) in [6.45, 7) is 6.63. The standard InChI is InChI=1S/C25H21N3O5.C23H17N3O5/c1-16-4-8-20(9-5-16)31-23-26-24(32-21-10-6-17(2)7-11-21)28-25(27-23)33-22-14-12-19(13-15-22)30-18(3)29;1-16(27)28-19-12-14-20(15-13-19)31-23-25-21(29-17-8-4-2-5-9-17)24-22(26-23)30-18-10-6-3-7-11-18/h4-15H,1-3H3;2-15H,1H3. The van der Waals surface area contributed by atoms with Crippen LogP contribution in [0.3, 0.4) is 0 Å². The van der Waals surface area contributed by atoms with Crippen LogP contribution in [0.4, 0.5) is 0 Å². The Labute approximate surface area is 367 Å². The van der Waals surface area contributed by atoms with Crippen molar-refractivity contribution in [1.29, 1.82) is 0 Å². The summed E-state index contributed by atoms with van der Waals surface area (Å²) >= 11 is 0. The second-order valence-corrected chi connectivity index (χ2v) is 13.4. The Morgan fingerprint density at radius 3 is 0.734 bits per heavy atom. The Balaban J connectivity index is 0.000000192. The summed E-state index contributed by atoms with van der Waals surface area (Å²) in [6, 6.07) is 46.0. The first-order chi connectivity index (χ1) is 31.1. The van der Waals surface area contributed by atoms with Gasteiger partial charge in [-0.1, -0.05) is 71.8 Å². The van der Waals surface area contributed by atoms with Gasteiger partial charge in [-0.25, -0.2) is 0 Å². The van der Waals surface area contributed by atoms with Crippen molar-refractivity contribution in [3.63, 3.8) is 0 Å². The van der Waals surface area contributed by atoms with Gasteiger partial charge >= 0.3 is 48.0 Å². The van der Waals surface area contributed by atoms with E-state index in [9.17, 15) is 9.59 Å². The van der Waals surface area contributed by atoms with E-state index in [-0.39, 0.29) is 36.1 Å². The van der Waals surface area contributed by atoms with Crippen LogP contribution in [0.5, 0.6) is 82.1 Å². The van der Waals surface area contributed by atoms with Gasteiger partial charge in [0.2, 0.25) is 0 Å². The van der Waals surface area contributed by atoms with Crippen LogP contribution in [-0.2, 0) is 9.59 Å². The van der Waals surface area contributed by atoms with Gasteiger partial charge in [0.25, 0.3) is 0 Å². The zero-order valence-electron chi connectivity index (χ0n) is 34.8. The van der Waals surface area contributed by atoms with E-state index >= 15 is 0 Å². The molecule has 16 heteroatoms. The first kappa shape index (κ1) is 43.2. The lowest BCUT2D eigenvalue weighted by Gasteiger charge is -2.10. The highest BCUT2D eigenvalue weighted by molar-refractivity contribution is 5.69. The molecule has 0 radical (unpaired) electrons. The van der Waals surface area contributed by atoms with Crippen LogP contribution in [0.1, 0.15) is 25.0 Å². The molecule has 2 aromatic heterocycles. The van der Waals surface area contributed by atoms with Crippen molar-refractivity contribution in [3.8, 4) is 82.1 Å². The molecule has 0 unspecified atom stereocenters. The minimum Gasteiger partial charge on any atom is -0.427 e. The van der Waals surface area contributed by atoms with E-state index in [1.807, 2.05) is 98.8 Å². The van der Waals surface area contributed by atoms with Crippen LogP contribution in [0.15, 0.2) is 158 Å². The fourth-order valence-corrected chi connectivity index (χ4v) is 5.22. The topological polar surface area (TPSA) is 185 Å². The van der Waals surface area contributed by atoms with Crippen molar-refractivity contribution in [1.82, 2.24) is 29.9 Å². The minimum absolute atomic E-state index is 0.0127. The monoisotopic (exact) mass is 858 g/mol. The molecule has 0 amide bonds. The highest BCUT2D eigenvalue weighted by Crippen LogP contribution is 2.30. The molecule has 0 atom stereocenters. The Kier molecular flexibility index (Phi) is 14.2. The van der Waals surface area contributed by atoms with E-state index in [0.717, 1.165) is 11.1 Å². The lowest BCUT2D eigenvalue weighted by Crippen LogP contribution is -2.02. The van der Waals surface area contributed by atoms with E-state index in [2.05, 4.69) is 29.9 Å². The molecule has 2 heterocycles. The number of para-hydroxylation sites is 2. The van der Waals surface area contributed by atoms with E-state index in [1.165, 1.54) is 13.8 Å². The fraction of sp³-hybridized carbons (Fsp3) is 0.0833. The lowest BCUT2D eigenvalue weighted by atomic mass is 10.2. The smallest absolute Gasteiger partial charge is 0.331 e. The lowest BCUT2D eigenvalue weighted by molar-refractivity contribution is -0.132. The average molecular weight is 859 g/mol. The van der Waals surface area contributed by atoms with Crippen molar-refractivity contribution in [2.75, 3.05) is 0 Å². The van der Waals surface area contributed by atoms with Crippen LogP contribution in [0, 0.1) is 13.8 Å². The largest absolute Gasteiger partial charge is 0.427 e. The number of hydrogen-bond acceptors (Lipinski definition) is 16. The number of benzene rings is 6. The van der Waals surface area contributed by atoms with E-state index in [0.29, 0.717) is 46.0 Å². The van der Waals surface area contributed by atoms with E-state index in [4.69, 9.17) is 37.9 Å². The number of aryl methyl sites for hydroxylation is 2. The normalized spacial score (nSPS) is 10.3. The van der Waals surface area contributed by atoms with Gasteiger partial charge < -0.3 is 37.9 Å². The quantitative estimate of drug-likeness (QED) is 0.0742. The Hall–Kier alpha value is -8.92. The molecule has 8 aromatic rings. The Bertz CT molecular complexity index is 2660. The molecule has 8 rings (SSSR count). The van der Waals surface area contributed by atoms with Gasteiger partial charge in [0.1, 0.15) is 46.0 Å². The van der Waals surface area contributed by atoms with Gasteiger partial charge in [-0.2, -0.15) is 0 Å². The number of carbonyl (C=O) groups excluding carboxylic acids is 2. The predicted molar refractivity (Wildman–Crippen MR) is 231 cm³/mol. The summed E-state index contributed by atoms with van der Waals surface area (Å²) < 4.78 is 44.6. The van der Waals surface area contributed by atoms with Gasteiger partial charge in [-0.05, 0) is 111 Å². The van der Waals surface area contributed by atoms with Crippen LogP contribution in [0.2, 0.25) is 0 Å². The molecule has 320 valence electrons. The maximum absolute atomic E-state index is 11.1. The van der Waals surface area contributed by atoms with Crippen molar-refractivity contribution < 1.29 is 47.5 Å². The maximum Gasteiger partial charge on any atom is 0.331 e. The Morgan fingerprint density at radius 2 is 0.500 bits per heavy atom. The molecule has 0 aliphatic heterocycles. The third-order valence-corrected chi connectivity index (χ3v) is 8.10. The molecule has 6 aromatic carbocycles. The molecular formula is C48H38N6O10. The first-order valence-corrected chi connectivity index (χ1v) is 19.5. The summed E-state index contributed by atoms with van der Waals surface area (Å²) in [5.41, 5.74) is 2.20. The minimum atomic E-state index is -0.406. The number of hydrogen-bond donors (Lipinski definition) is 0. The van der Waals surface area contributed by atoms with Gasteiger partial charge in [0.15, 0.2) is 0 Å².